The van der Waals surface area contributed by atoms with E-state index in [1.165, 1.54) is 11.8 Å². The summed E-state index contributed by atoms with van der Waals surface area (Å²) in [7, 11) is 1.60. The van der Waals surface area contributed by atoms with E-state index in [2.05, 4.69) is 10.6 Å². The molecule has 5 nitrogen and oxygen atoms in total. The molecule has 20 heavy (non-hydrogen) atoms. The standard InChI is InChI=1S/C14H18N2O3S/c1-19-10-5-3-4-9(6-10)7-11-13(17)16-12(8-20-2)14(18)15-11/h3-6,11-12H,7-8H2,1-2H3,(H,15,18)(H,16,17). The summed E-state index contributed by atoms with van der Waals surface area (Å²) in [5.74, 6) is 1.08. The Hall–Kier alpha value is -1.69. The number of carbonyl (C=O) groups is 2. The van der Waals surface area contributed by atoms with Crippen molar-refractivity contribution in [3.05, 3.63) is 29.8 Å². The van der Waals surface area contributed by atoms with Crippen LogP contribution in [0.3, 0.4) is 0 Å². The quantitative estimate of drug-likeness (QED) is 0.834. The first-order valence-electron chi connectivity index (χ1n) is 6.36. The number of methoxy groups -OCH3 is 1. The zero-order valence-electron chi connectivity index (χ0n) is 11.5. The van der Waals surface area contributed by atoms with Crippen molar-refractivity contribution < 1.29 is 14.3 Å². The van der Waals surface area contributed by atoms with Crippen LogP contribution in [0.15, 0.2) is 24.3 Å². The number of carbonyl (C=O) groups excluding carboxylic acids is 2. The van der Waals surface area contributed by atoms with Crippen molar-refractivity contribution in [2.24, 2.45) is 0 Å². The average Bonchev–Trinajstić information content (AvgIpc) is 2.45. The lowest BCUT2D eigenvalue weighted by Crippen LogP contribution is -2.63. The van der Waals surface area contributed by atoms with Crippen molar-refractivity contribution in [1.82, 2.24) is 10.6 Å². The predicted octanol–water partition coefficient (Wildman–Crippen LogP) is 0.584. The first-order valence-corrected chi connectivity index (χ1v) is 7.76. The fourth-order valence-corrected chi connectivity index (χ4v) is 2.71. The van der Waals surface area contributed by atoms with Gasteiger partial charge in [-0.2, -0.15) is 11.8 Å². The van der Waals surface area contributed by atoms with Crippen molar-refractivity contribution >= 4 is 23.6 Å². The highest BCUT2D eigenvalue weighted by atomic mass is 32.2. The number of ether oxygens (including phenoxy) is 1. The van der Waals surface area contributed by atoms with Crippen LogP contribution in [-0.4, -0.2) is 43.0 Å². The molecule has 0 radical (unpaired) electrons. The molecule has 0 spiro atoms. The van der Waals surface area contributed by atoms with E-state index in [9.17, 15) is 9.59 Å². The Morgan fingerprint density at radius 2 is 1.90 bits per heavy atom. The number of hydrogen-bond donors (Lipinski definition) is 2. The Kier molecular flexibility index (Phi) is 4.89. The lowest BCUT2D eigenvalue weighted by Gasteiger charge is -2.29. The van der Waals surface area contributed by atoms with Crippen LogP contribution in [0.1, 0.15) is 5.56 Å². The van der Waals surface area contributed by atoms with E-state index in [1.807, 2.05) is 30.5 Å². The minimum absolute atomic E-state index is 0.119. The number of amides is 2. The van der Waals surface area contributed by atoms with Gasteiger partial charge in [-0.25, -0.2) is 0 Å². The molecular weight excluding hydrogens is 276 g/mol. The minimum atomic E-state index is -0.521. The molecule has 2 atom stereocenters. The van der Waals surface area contributed by atoms with Crippen LogP contribution in [-0.2, 0) is 16.0 Å². The molecule has 1 aliphatic rings. The Morgan fingerprint density at radius 1 is 1.20 bits per heavy atom. The van der Waals surface area contributed by atoms with Gasteiger partial charge < -0.3 is 15.4 Å². The molecule has 0 bridgehead atoms. The van der Waals surface area contributed by atoms with Crippen molar-refractivity contribution in [3.63, 3.8) is 0 Å². The molecule has 6 heteroatoms. The van der Waals surface area contributed by atoms with E-state index in [0.29, 0.717) is 12.2 Å². The lowest BCUT2D eigenvalue weighted by molar-refractivity contribution is -0.136. The molecule has 0 saturated carbocycles. The third-order valence-electron chi connectivity index (χ3n) is 3.17. The maximum absolute atomic E-state index is 12.0. The minimum Gasteiger partial charge on any atom is -0.497 e. The fraction of sp³-hybridized carbons (Fsp3) is 0.429. The molecule has 2 rings (SSSR count). The van der Waals surface area contributed by atoms with Gasteiger partial charge in [0.2, 0.25) is 11.8 Å². The summed E-state index contributed by atoms with van der Waals surface area (Å²) in [6.07, 6.45) is 2.36. The Morgan fingerprint density at radius 3 is 2.60 bits per heavy atom. The van der Waals surface area contributed by atoms with Crippen LogP contribution in [0.5, 0.6) is 5.75 Å². The SMILES string of the molecule is COc1cccc(CC2NC(=O)C(CSC)NC2=O)c1. The zero-order valence-corrected chi connectivity index (χ0v) is 12.3. The van der Waals surface area contributed by atoms with E-state index in [-0.39, 0.29) is 11.8 Å². The molecular formula is C14H18N2O3S. The van der Waals surface area contributed by atoms with Gasteiger partial charge in [-0.3, -0.25) is 9.59 Å². The number of nitrogens with one attached hydrogen (secondary N) is 2. The number of benzene rings is 1. The van der Waals surface area contributed by atoms with E-state index in [0.717, 1.165) is 11.3 Å². The van der Waals surface area contributed by atoms with Gasteiger partial charge in [-0.1, -0.05) is 12.1 Å². The normalized spacial score (nSPS) is 22.1. The molecule has 0 aliphatic carbocycles. The second kappa shape index (κ2) is 6.65. The van der Waals surface area contributed by atoms with Gasteiger partial charge in [0.15, 0.2) is 0 Å². The van der Waals surface area contributed by atoms with Crippen LogP contribution in [0.4, 0.5) is 0 Å². The van der Waals surface area contributed by atoms with E-state index in [1.54, 1.807) is 7.11 Å². The molecule has 1 saturated heterocycles. The van der Waals surface area contributed by atoms with Crippen molar-refractivity contribution in [2.75, 3.05) is 19.1 Å². The maximum Gasteiger partial charge on any atom is 0.244 e. The highest BCUT2D eigenvalue weighted by Gasteiger charge is 2.33. The molecule has 1 aliphatic heterocycles. The van der Waals surface area contributed by atoms with Crippen LogP contribution in [0.2, 0.25) is 0 Å². The van der Waals surface area contributed by atoms with Gasteiger partial charge in [0, 0.05) is 12.2 Å². The number of thioether (sulfide) groups is 1. The van der Waals surface area contributed by atoms with Crippen molar-refractivity contribution in [1.29, 1.82) is 0 Å². The van der Waals surface area contributed by atoms with Crippen LogP contribution in [0, 0.1) is 0 Å². The maximum atomic E-state index is 12.0. The Balaban J connectivity index is 2.03. The highest BCUT2D eigenvalue weighted by molar-refractivity contribution is 7.98. The topological polar surface area (TPSA) is 67.4 Å². The van der Waals surface area contributed by atoms with Crippen LogP contribution in [0.25, 0.3) is 0 Å². The van der Waals surface area contributed by atoms with Gasteiger partial charge in [0.05, 0.1) is 7.11 Å². The summed E-state index contributed by atoms with van der Waals surface area (Å²) in [6.45, 7) is 0. The number of piperazine rings is 1. The molecule has 2 N–H and O–H groups in total. The summed E-state index contributed by atoms with van der Waals surface area (Å²) in [5, 5.41) is 5.54. The van der Waals surface area contributed by atoms with E-state index >= 15 is 0 Å². The van der Waals surface area contributed by atoms with Gasteiger partial charge in [0.25, 0.3) is 0 Å². The number of hydrogen-bond acceptors (Lipinski definition) is 4. The summed E-state index contributed by atoms with van der Waals surface area (Å²) in [5.41, 5.74) is 0.952. The summed E-state index contributed by atoms with van der Waals surface area (Å²) < 4.78 is 5.15. The smallest absolute Gasteiger partial charge is 0.244 e. The van der Waals surface area contributed by atoms with Crippen LogP contribution >= 0.6 is 11.8 Å². The third kappa shape index (κ3) is 3.45. The largest absolute Gasteiger partial charge is 0.497 e. The Bertz CT molecular complexity index is 507. The van der Waals surface area contributed by atoms with Crippen molar-refractivity contribution in [2.45, 2.75) is 18.5 Å². The van der Waals surface area contributed by atoms with Crippen LogP contribution < -0.4 is 15.4 Å². The zero-order chi connectivity index (χ0) is 14.5. The van der Waals surface area contributed by atoms with E-state index < -0.39 is 12.1 Å². The molecule has 0 aromatic heterocycles. The second-order valence-corrected chi connectivity index (χ2v) is 5.54. The lowest BCUT2D eigenvalue weighted by atomic mass is 10.0. The fourth-order valence-electron chi connectivity index (χ4n) is 2.14. The molecule has 1 aromatic carbocycles. The number of rotatable bonds is 5. The van der Waals surface area contributed by atoms with Gasteiger partial charge in [-0.05, 0) is 24.0 Å². The third-order valence-corrected chi connectivity index (χ3v) is 3.84. The second-order valence-electron chi connectivity index (χ2n) is 4.63. The first kappa shape index (κ1) is 14.7. The Labute approximate surface area is 122 Å². The monoisotopic (exact) mass is 294 g/mol. The van der Waals surface area contributed by atoms with Crippen molar-refractivity contribution in [3.8, 4) is 5.75 Å². The average molecular weight is 294 g/mol. The molecule has 2 unspecified atom stereocenters. The molecule has 1 aromatic rings. The molecule has 2 amide bonds. The molecule has 108 valence electrons. The van der Waals surface area contributed by atoms with Gasteiger partial charge >= 0.3 is 0 Å². The van der Waals surface area contributed by atoms with Gasteiger partial charge in [-0.15, -0.1) is 0 Å². The molecule has 1 heterocycles. The van der Waals surface area contributed by atoms with Gasteiger partial charge in [0.1, 0.15) is 17.8 Å². The van der Waals surface area contributed by atoms with E-state index in [4.69, 9.17) is 4.74 Å². The summed E-state index contributed by atoms with van der Waals surface area (Å²) in [4.78, 5) is 23.9. The highest BCUT2D eigenvalue weighted by Crippen LogP contribution is 2.15. The predicted molar refractivity (Wildman–Crippen MR) is 78.9 cm³/mol. The summed E-state index contributed by atoms with van der Waals surface area (Å²) in [6, 6.07) is 6.54. The summed E-state index contributed by atoms with van der Waals surface area (Å²) >= 11 is 1.53. The first-order chi connectivity index (χ1) is 9.63. The molecule has 1 fully saturated rings.